The highest BCUT2D eigenvalue weighted by atomic mass is 32.2. The average Bonchev–Trinajstić information content (AvgIpc) is 2.46. The summed E-state index contributed by atoms with van der Waals surface area (Å²) in [6, 6.07) is 8.54. The normalized spacial score (nSPS) is 15.8. The van der Waals surface area contributed by atoms with E-state index < -0.39 is 0 Å². The lowest BCUT2D eigenvalue weighted by Crippen LogP contribution is -2.03. The molecule has 1 nitrogen and oxygen atoms in total. The van der Waals surface area contributed by atoms with Crippen LogP contribution in [0.25, 0.3) is 0 Å². The summed E-state index contributed by atoms with van der Waals surface area (Å²) in [6.07, 6.45) is 2.44. The minimum absolute atomic E-state index is 0.524. The number of hydrogen-bond acceptors (Lipinski definition) is 3. The van der Waals surface area contributed by atoms with Gasteiger partial charge in [0, 0.05) is 10.5 Å². The van der Waals surface area contributed by atoms with Gasteiger partial charge in [0.15, 0.2) is 0 Å². The molecule has 1 aromatic carbocycles. The number of hydrogen-bond donors (Lipinski definition) is 0. The molecule has 0 saturated heterocycles. The Morgan fingerprint density at radius 2 is 1.42 bits per heavy atom. The Labute approximate surface area is 126 Å². The van der Waals surface area contributed by atoms with E-state index in [-0.39, 0.29) is 0 Å². The van der Waals surface area contributed by atoms with E-state index in [4.69, 9.17) is 4.74 Å². The summed E-state index contributed by atoms with van der Waals surface area (Å²) in [7, 11) is 1.72. The van der Waals surface area contributed by atoms with E-state index in [1.165, 1.54) is 18.4 Å². The van der Waals surface area contributed by atoms with Gasteiger partial charge in [0.2, 0.25) is 0 Å². The Kier molecular flexibility index (Phi) is 7.77. The van der Waals surface area contributed by atoms with Crippen LogP contribution >= 0.6 is 23.5 Å². The maximum Gasteiger partial charge on any atom is 0.118 e. The van der Waals surface area contributed by atoms with Crippen molar-refractivity contribution in [2.75, 3.05) is 7.11 Å². The summed E-state index contributed by atoms with van der Waals surface area (Å²) in [5.74, 6) is 0.935. The van der Waals surface area contributed by atoms with Crippen molar-refractivity contribution in [1.82, 2.24) is 0 Å². The van der Waals surface area contributed by atoms with Crippen LogP contribution in [-0.2, 0) is 0 Å². The highest BCUT2D eigenvalue weighted by Gasteiger charge is 2.18. The predicted molar refractivity (Wildman–Crippen MR) is 90.4 cm³/mol. The zero-order valence-corrected chi connectivity index (χ0v) is 14.3. The van der Waals surface area contributed by atoms with Crippen molar-refractivity contribution in [1.29, 1.82) is 0 Å². The Bertz CT molecular complexity index is 338. The van der Waals surface area contributed by atoms with Crippen LogP contribution in [-0.4, -0.2) is 17.6 Å². The standard InChI is InChI=1S/C16H26OS2/c1-6-12(3)18-16(19-13(4)7-2)14-8-10-15(17-5)11-9-14/h8-13,16H,6-7H2,1-5H3. The Morgan fingerprint density at radius 1 is 0.947 bits per heavy atom. The SMILES string of the molecule is CCC(C)SC(SC(C)CC)c1ccc(OC)cc1. The monoisotopic (exact) mass is 298 g/mol. The van der Waals surface area contributed by atoms with E-state index in [9.17, 15) is 0 Å². The highest BCUT2D eigenvalue weighted by molar-refractivity contribution is 8.16. The molecule has 108 valence electrons. The molecule has 0 heterocycles. The molecule has 3 heteroatoms. The molecule has 0 spiro atoms. The highest BCUT2D eigenvalue weighted by Crippen LogP contribution is 2.45. The van der Waals surface area contributed by atoms with Crippen LogP contribution in [0.1, 0.15) is 50.7 Å². The second kappa shape index (κ2) is 8.80. The van der Waals surface area contributed by atoms with Crippen LogP contribution in [0.5, 0.6) is 5.75 Å². The van der Waals surface area contributed by atoms with Gasteiger partial charge in [-0.15, -0.1) is 23.5 Å². The molecule has 1 aromatic rings. The molecule has 0 aliphatic heterocycles. The second-order valence-electron chi connectivity index (χ2n) is 4.81. The van der Waals surface area contributed by atoms with Crippen molar-refractivity contribution in [2.45, 2.75) is 55.6 Å². The topological polar surface area (TPSA) is 9.23 Å². The summed E-state index contributed by atoms with van der Waals surface area (Å²) in [5, 5.41) is 1.40. The van der Waals surface area contributed by atoms with E-state index in [2.05, 4.69) is 75.5 Å². The molecular formula is C16H26OS2. The van der Waals surface area contributed by atoms with Gasteiger partial charge in [0.25, 0.3) is 0 Å². The first-order valence-electron chi connectivity index (χ1n) is 7.05. The minimum atomic E-state index is 0.524. The third-order valence-electron chi connectivity index (χ3n) is 3.25. The number of thioether (sulfide) groups is 2. The summed E-state index contributed by atoms with van der Waals surface area (Å²) in [4.78, 5) is 0. The summed E-state index contributed by atoms with van der Waals surface area (Å²) < 4.78 is 5.76. The molecule has 19 heavy (non-hydrogen) atoms. The van der Waals surface area contributed by atoms with Crippen LogP contribution in [0, 0.1) is 0 Å². The fraction of sp³-hybridized carbons (Fsp3) is 0.625. The van der Waals surface area contributed by atoms with Gasteiger partial charge in [-0.25, -0.2) is 0 Å². The molecule has 2 unspecified atom stereocenters. The van der Waals surface area contributed by atoms with Gasteiger partial charge in [-0.2, -0.15) is 0 Å². The minimum Gasteiger partial charge on any atom is -0.497 e. The third kappa shape index (κ3) is 5.70. The molecular weight excluding hydrogens is 272 g/mol. The van der Waals surface area contributed by atoms with Gasteiger partial charge >= 0.3 is 0 Å². The zero-order chi connectivity index (χ0) is 14.3. The number of methoxy groups -OCH3 is 1. The smallest absolute Gasteiger partial charge is 0.118 e. The van der Waals surface area contributed by atoms with Crippen molar-refractivity contribution in [3.05, 3.63) is 29.8 Å². The van der Waals surface area contributed by atoms with Crippen molar-refractivity contribution in [3.63, 3.8) is 0 Å². The van der Waals surface area contributed by atoms with E-state index in [0.29, 0.717) is 15.1 Å². The molecule has 0 aliphatic rings. The van der Waals surface area contributed by atoms with Crippen LogP contribution in [0.15, 0.2) is 24.3 Å². The zero-order valence-electron chi connectivity index (χ0n) is 12.7. The van der Waals surface area contributed by atoms with Gasteiger partial charge in [-0.05, 0) is 30.5 Å². The largest absolute Gasteiger partial charge is 0.497 e. The van der Waals surface area contributed by atoms with Crippen molar-refractivity contribution in [2.24, 2.45) is 0 Å². The van der Waals surface area contributed by atoms with Crippen molar-refractivity contribution in [3.8, 4) is 5.75 Å². The number of ether oxygens (including phenoxy) is 1. The molecule has 0 saturated carbocycles. The van der Waals surface area contributed by atoms with Gasteiger partial charge in [0.1, 0.15) is 5.75 Å². The first-order valence-corrected chi connectivity index (χ1v) is 8.94. The molecule has 1 rings (SSSR count). The summed E-state index contributed by atoms with van der Waals surface area (Å²) in [6.45, 7) is 9.16. The van der Waals surface area contributed by atoms with Crippen LogP contribution in [0.4, 0.5) is 0 Å². The maximum atomic E-state index is 5.24. The van der Waals surface area contributed by atoms with E-state index in [0.717, 1.165) is 5.75 Å². The van der Waals surface area contributed by atoms with Crippen molar-refractivity contribution >= 4 is 23.5 Å². The second-order valence-corrected chi connectivity index (χ2v) is 8.21. The fourth-order valence-electron chi connectivity index (χ4n) is 1.56. The van der Waals surface area contributed by atoms with Crippen LogP contribution in [0.3, 0.4) is 0 Å². The quantitative estimate of drug-likeness (QED) is 0.565. The van der Waals surface area contributed by atoms with E-state index in [1.807, 2.05) is 0 Å². The molecule has 0 bridgehead atoms. The predicted octanol–water partition coefficient (Wildman–Crippen LogP) is 5.76. The van der Waals surface area contributed by atoms with Gasteiger partial charge < -0.3 is 4.74 Å². The Balaban J connectivity index is 2.80. The molecule has 0 N–H and O–H groups in total. The number of rotatable bonds is 8. The Hall–Kier alpha value is -0.280. The maximum absolute atomic E-state index is 5.24. The first kappa shape index (κ1) is 16.8. The summed E-state index contributed by atoms with van der Waals surface area (Å²) in [5.41, 5.74) is 1.40. The lowest BCUT2D eigenvalue weighted by atomic mass is 10.2. The lowest BCUT2D eigenvalue weighted by molar-refractivity contribution is 0.414. The van der Waals surface area contributed by atoms with Crippen LogP contribution < -0.4 is 4.74 Å². The first-order chi connectivity index (χ1) is 9.10. The number of benzene rings is 1. The van der Waals surface area contributed by atoms with Gasteiger partial charge in [0.05, 0.1) is 11.7 Å². The molecule has 0 radical (unpaired) electrons. The summed E-state index contributed by atoms with van der Waals surface area (Å²) >= 11 is 4.15. The van der Waals surface area contributed by atoms with E-state index >= 15 is 0 Å². The molecule has 2 atom stereocenters. The van der Waals surface area contributed by atoms with Crippen LogP contribution in [0.2, 0.25) is 0 Å². The fourth-order valence-corrected chi connectivity index (χ4v) is 4.82. The average molecular weight is 299 g/mol. The molecule has 0 fully saturated rings. The molecule has 0 amide bonds. The lowest BCUT2D eigenvalue weighted by Gasteiger charge is -2.23. The van der Waals surface area contributed by atoms with Crippen molar-refractivity contribution < 1.29 is 4.74 Å². The van der Waals surface area contributed by atoms with Gasteiger partial charge in [-0.3, -0.25) is 0 Å². The van der Waals surface area contributed by atoms with Gasteiger partial charge in [-0.1, -0.05) is 39.8 Å². The molecule has 0 aromatic heterocycles. The third-order valence-corrected chi connectivity index (χ3v) is 6.55. The van der Waals surface area contributed by atoms with E-state index in [1.54, 1.807) is 7.11 Å². The Morgan fingerprint density at radius 3 is 1.79 bits per heavy atom. The molecule has 0 aliphatic carbocycles.